The lowest BCUT2D eigenvalue weighted by molar-refractivity contribution is 0.101. The zero-order valence-electron chi connectivity index (χ0n) is 18.3. The molecule has 0 saturated heterocycles. The molecule has 0 aliphatic heterocycles. The maximum absolute atomic E-state index is 13.0. The first-order valence-electron chi connectivity index (χ1n) is 10.1. The maximum Gasteiger partial charge on any atom is 0.274 e. The van der Waals surface area contributed by atoms with Gasteiger partial charge in [-0.1, -0.05) is 24.3 Å². The minimum absolute atomic E-state index is 0.0752. The summed E-state index contributed by atoms with van der Waals surface area (Å²) in [5.41, 5.74) is 3.52. The van der Waals surface area contributed by atoms with Gasteiger partial charge in [0, 0.05) is 14.8 Å². The van der Waals surface area contributed by atoms with Gasteiger partial charge in [-0.15, -0.1) is 0 Å². The van der Waals surface area contributed by atoms with E-state index in [1.165, 1.54) is 0 Å². The highest BCUT2D eigenvalue weighted by molar-refractivity contribution is 14.1. The van der Waals surface area contributed by atoms with Crippen LogP contribution in [0.1, 0.15) is 16.2 Å². The van der Waals surface area contributed by atoms with E-state index in [1.54, 1.807) is 72.5 Å². The second-order valence-electron chi connectivity index (χ2n) is 7.47. The van der Waals surface area contributed by atoms with Gasteiger partial charge in [-0.25, -0.2) is 18.2 Å². The van der Waals surface area contributed by atoms with E-state index in [4.69, 9.17) is 9.88 Å². The predicted octanol–water partition coefficient (Wildman–Crippen LogP) is 4.36. The molecule has 0 aliphatic rings. The Balaban J connectivity index is 1.60. The van der Waals surface area contributed by atoms with Crippen molar-refractivity contribution in [3.8, 4) is 22.6 Å². The van der Waals surface area contributed by atoms with Gasteiger partial charge in [-0.3, -0.25) is 4.79 Å². The van der Waals surface area contributed by atoms with E-state index in [9.17, 15) is 13.2 Å². The summed E-state index contributed by atoms with van der Waals surface area (Å²) in [7, 11) is -2.32. The number of benzene rings is 3. The molecular weight excluding hydrogens is 567 g/mol. The highest BCUT2D eigenvalue weighted by atomic mass is 127. The molecule has 10 heteroatoms. The van der Waals surface area contributed by atoms with Crippen LogP contribution in [0.3, 0.4) is 0 Å². The minimum Gasteiger partial charge on any atom is -0.497 e. The Morgan fingerprint density at radius 2 is 1.74 bits per heavy atom. The molecule has 3 N–H and O–H groups in total. The molecule has 0 bridgehead atoms. The predicted molar refractivity (Wildman–Crippen MR) is 139 cm³/mol. The Morgan fingerprint density at radius 1 is 1.06 bits per heavy atom. The summed E-state index contributed by atoms with van der Waals surface area (Å²) in [6.07, 6.45) is 0. The first-order chi connectivity index (χ1) is 16.2. The number of sulfonamides is 1. The topological polar surface area (TPSA) is 116 Å². The fraction of sp³-hybridized carbons (Fsp3) is 0.0833. The fourth-order valence-electron chi connectivity index (χ4n) is 3.54. The van der Waals surface area contributed by atoms with Crippen LogP contribution in [-0.2, 0) is 10.0 Å². The number of ether oxygens (including phenoxy) is 1. The lowest BCUT2D eigenvalue weighted by Gasteiger charge is -2.12. The molecule has 8 nitrogen and oxygen atoms in total. The normalized spacial score (nSPS) is 11.3. The number of aryl methyl sites for hydroxylation is 1. The lowest BCUT2D eigenvalue weighted by Crippen LogP contribution is -2.17. The third kappa shape index (κ3) is 4.98. The number of rotatable bonds is 6. The van der Waals surface area contributed by atoms with E-state index < -0.39 is 10.0 Å². The van der Waals surface area contributed by atoms with Gasteiger partial charge in [0.1, 0.15) is 16.3 Å². The van der Waals surface area contributed by atoms with Crippen molar-refractivity contribution in [3.63, 3.8) is 0 Å². The molecule has 0 spiro atoms. The standard InChI is InChI=1S/C24H21IN4O4S/c1-15-14-22(29(28-15)18-10-12-19(33-2)13-11-18)24(30)27-17-8-6-16(7-9-17)20-4-3-5-21(25)23(20)34(26,31)32/h3-14H,1-2H3,(H,27,30)(H2,26,31,32). The summed E-state index contributed by atoms with van der Waals surface area (Å²) in [6.45, 7) is 1.82. The summed E-state index contributed by atoms with van der Waals surface area (Å²) in [4.78, 5) is 13.1. The number of anilines is 1. The smallest absolute Gasteiger partial charge is 0.274 e. The first kappa shape index (κ1) is 23.9. The van der Waals surface area contributed by atoms with E-state index >= 15 is 0 Å². The number of methoxy groups -OCH3 is 1. The Kier molecular flexibility index (Phi) is 6.73. The van der Waals surface area contributed by atoms with Crippen molar-refractivity contribution in [2.75, 3.05) is 12.4 Å². The zero-order chi connectivity index (χ0) is 24.5. The quantitative estimate of drug-likeness (QED) is 0.325. The highest BCUT2D eigenvalue weighted by Gasteiger charge is 2.19. The molecule has 34 heavy (non-hydrogen) atoms. The molecule has 1 heterocycles. The van der Waals surface area contributed by atoms with Gasteiger partial charge in [-0.2, -0.15) is 5.10 Å². The molecule has 0 saturated carbocycles. The molecule has 3 aromatic carbocycles. The minimum atomic E-state index is -3.91. The van der Waals surface area contributed by atoms with Crippen LogP contribution in [0.4, 0.5) is 5.69 Å². The van der Waals surface area contributed by atoms with Crippen LogP contribution in [0.25, 0.3) is 16.8 Å². The van der Waals surface area contributed by atoms with Gasteiger partial charge in [0.15, 0.2) is 0 Å². The number of hydrogen-bond donors (Lipinski definition) is 2. The van der Waals surface area contributed by atoms with Gasteiger partial charge in [0.05, 0.1) is 18.5 Å². The number of carbonyl (C=O) groups excluding carboxylic acids is 1. The number of nitrogens with two attached hydrogens (primary N) is 1. The Hall–Kier alpha value is -3.22. The molecule has 0 aliphatic carbocycles. The fourth-order valence-corrected chi connectivity index (χ4v) is 5.79. The van der Waals surface area contributed by atoms with E-state index in [2.05, 4.69) is 10.4 Å². The molecule has 0 fully saturated rings. The molecule has 174 valence electrons. The van der Waals surface area contributed by atoms with Crippen molar-refractivity contribution in [2.24, 2.45) is 5.14 Å². The number of hydrogen-bond acceptors (Lipinski definition) is 5. The van der Waals surface area contributed by atoms with Crippen molar-refractivity contribution < 1.29 is 17.9 Å². The van der Waals surface area contributed by atoms with E-state index in [1.807, 2.05) is 41.6 Å². The van der Waals surface area contributed by atoms with E-state index in [0.717, 1.165) is 5.69 Å². The van der Waals surface area contributed by atoms with E-state index in [0.29, 0.717) is 37.5 Å². The maximum atomic E-state index is 13.0. The van der Waals surface area contributed by atoms with E-state index in [-0.39, 0.29) is 10.8 Å². The van der Waals surface area contributed by atoms with Crippen molar-refractivity contribution in [3.05, 3.63) is 87.8 Å². The van der Waals surface area contributed by atoms with Crippen LogP contribution in [0, 0.1) is 10.5 Å². The summed E-state index contributed by atoms with van der Waals surface area (Å²) >= 11 is 1.95. The van der Waals surface area contributed by atoms with Gasteiger partial charge in [-0.05, 0) is 83.6 Å². The Bertz CT molecular complexity index is 1460. The van der Waals surface area contributed by atoms with Crippen molar-refractivity contribution in [1.82, 2.24) is 9.78 Å². The molecule has 1 aromatic heterocycles. The van der Waals surface area contributed by atoms with Gasteiger partial charge in [0.25, 0.3) is 5.91 Å². The Labute approximate surface area is 210 Å². The molecule has 0 radical (unpaired) electrons. The first-order valence-corrected chi connectivity index (χ1v) is 12.7. The number of amides is 1. The summed E-state index contributed by atoms with van der Waals surface area (Å²) in [5.74, 6) is 0.376. The van der Waals surface area contributed by atoms with Gasteiger partial charge < -0.3 is 10.1 Å². The summed E-state index contributed by atoms with van der Waals surface area (Å²) in [6, 6.07) is 21.0. The van der Waals surface area contributed by atoms with Crippen LogP contribution >= 0.6 is 22.6 Å². The van der Waals surface area contributed by atoms with Gasteiger partial charge >= 0.3 is 0 Å². The Morgan fingerprint density at radius 3 is 2.35 bits per heavy atom. The number of nitrogens with one attached hydrogen (secondary N) is 1. The van der Waals surface area contributed by atoms with Crippen molar-refractivity contribution in [2.45, 2.75) is 11.8 Å². The average Bonchev–Trinajstić information content (AvgIpc) is 3.20. The number of primary sulfonamides is 1. The van der Waals surface area contributed by atoms with Crippen LogP contribution in [0.2, 0.25) is 0 Å². The third-order valence-corrected chi connectivity index (χ3v) is 7.36. The van der Waals surface area contributed by atoms with Crippen molar-refractivity contribution in [1.29, 1.82) is 0 Å². The summed E-state index contributed by atoms with van der Waals surface area (Å²) < 4.78 is 31.5. The lowest BCUT2D eigenvalue weighted by atomic mass is 10.1. The van der Waals surface area contributed by atoms with Crippen molar-refractivity contribution >= 4 is 44.2 Å². The largest absolute Gasteiger partial charge is 0.497 e. The zero-order valence-corrected chi connectivity index (χ0v) is 21.3. The van der Waals surface area contributed by atoms with Crippen LogP contribution in [0.15, 0.2) is 77.7 Å². The number of aromatic nitrogens is 2. The van der Waals surface area contributed by atoms with Crippen LogP contribution < -0.4 is 15.2 Å². The molecule has 4 aromatic rings. The molecule has 4 rings (SSSR count). The molecule has 0 unspecified atom stereocenters. The average molecular weight is 588 g/mol. The van der Waals surface area contributed by atoms with Gasteiger partial charge in [0.2, 0.25) is 10.0 Å². The second kappa shape index (κ2) is 9.57. The number of halogens is 1. The molecule has 1 amide bonds. The van der Waals surface area contributed by atoms with Crippen LogP contribution in [-0.4, -0.2) is 31.2 Å². The van der Waals surface area contributed by atoms with Crippen LogP contribution in [0.5, 0.6) is 5.75 Å². The monoisotopic (exact) mass is 588 g/mol. The summed E-state index contributed by atoms with van der Waals surface area (Å²) in [5, 5.41) is 12.7. The third-order valence-electron chi connectivity index (χ3n) is 5.09. The molecular formula is C24H21IN4O4S. The number of carbonyl (C=O) groups is 1. The molecule has 0 atom stereocenters. The highest BCUT2D eigenvalue weighted by Crippen LogP contribution is 2.31. The second-order valence-corrected chi connectivity index (χ2v) is 10.1. The SMILES string of the molecule is COc1ccc(-n2nc(C)cc2C(=O)Nc2ccc(-c3cccc(I)c3S(N)(=O)=O)cc2)cc1. The number of nitrogens with zero attached hydrogens (tertiary/aromatic N) is 2.